The van der Waals surface area contributed by atoms with E-state index in [9.17, 15) is 9.18 Å². The zero-order chi connectivity index (χ0) is 24.1. The van der Waals surface area contributed by atoms with Crippen LogP contribution in [0.5, 0.6) is 5.75 Å². The van der Waals surface area contributed by atoms with Crippen molar-refractivity contribution in [2.75, 3.05) is 38.3 Å². The molecule has 0 radical (unpaired) electrons. The molecule has 0 saturated carbocycles. The number of ether oxygens (including phenoxy) is 2. The fourth-order valence-electron chi connectivity index (χ4n) is 4.03. The molecule has 4 rings (SSSR count). The van der Waals surface area contributed by atoms with E-state index in [4.69, 9.17) is 14.0 Å². The van der Waals surface area contributed by atoms with Gasteiger partial charge in [-0.3, -0.25) is 4.79 Å². The predicted octanol–water partition coefficient (Wildman–Crippen LogP) is 4.77. The van der Waals surface area contributed by atoms with E-state index in [1.165, 1.54) is 12.1 Å². The third kappa shape index (κ3) is 5.07. The molecule has 7 nitrogen and oxygen atoms in total. The van der Waals surface area contributed by atoms with Crippen LogP contribution in [0.2, 0.25) is 0 Å². The van der Waals surface area contributed by atoms with E-state index in [1.807, 2.05) is 30.9 Å². The first-order valence-electron chi connectivity index (χ1n) is 11.5. The van der Waals surface area contributed by atoms with Crippen LogP contribution in [0.3, 0.4) is 0 Å². The molecule has 1 atom stereocenters. The second-order valence-corrected chi connectivity index (χ2v) is 8.34. The van der Waals surface area contributed by atoms with E-state index in [-0.39, 0.29) is 17.8 Å². The van der Waals surface area contributed by atoms with Gasteiger partial charge in [0.1, 0.15) is 17.3 Å². The number of benzene rings is 2. The summed E-state index contributed by atoms with van der Waals surface area (Å²) in [7, 11) is 1.58. The number of morpholine rings is 1. The number of methoxy groups -OCH3 is 1. The Morgan fingerprint density at radius 2 is 1.94 bits per heavy atom. The molecular formula is C26H30FN3O4. The van der Waals surface area contributed by atoms with Gasteiger partial charge in [0.15, 0.2) is 0 Å². The van der Waals surface area contributed by atoms with Gasteiger partial charge in [-0.15, -0.1) is 0 Å². The molecule has 0 bridgehead atoms. The van der Waals surface area contributed by atoms with Crippen LogP contribution >= 0.6 is 0 Å². The average molecular weight is 468 g/mol. The van der Waals surface area contributed by atoms with Crippen molar-refractivity contribution in [2.45, 2.75) is 32.9 Å². The quantitative estimate of drug-likeness (QED) is 0.476. The fourth-order valence-corrected chi connectivity index (χ4v) is 4.03. The van der Waals surface area contributed by atoms with Crippen LogP contribution in [0, 0.1) is 5.82 Å². The summed E-state index contributed by atoms with van der Waals surface area (Å²) in [5.41, 5.74) is 2.68. The van der Waals surface area contributed by atoms with Crippen molar-refractivity contribution in [1.82, 2.24) is 10.1 Å². The van der Waals surface area contributed by atoms with Gasteiger partial charge in [0.25, 0.3) is 5.91 Å². The topological polar surface area (TPSA) is 68.0 Å². The molecule has 1 fully saturated rings. The average Bonchev–Trinajstić information content (AvgIpc) is 3.31. The Bertz CT molecular complexity index is 1110. The summed E-state index contributed by atoms with van der Waals surface area (Å²) in [6.07, 6.45) is 0.778. The predicted molar refractivity (Wildman–Crippen MR) is 128 cm³/mol. The summed E-state index contributed by atoms with van der Waals surface area (Å²) in [4.78, 5) is 17.6. The Hall–Kier alpha value is -3.39. The number of carbonyl (C=O) groups excluding carboxylic acids is 1. The first-order chi connectivity index (χ1) is 16.5. The number of nitrogens with zero attached hydrogens (tertiary/aromatic N) is 3. The summed E-state index contributed by atoms with van der Waals surface area (Å²) >= 11 is 0. The summed E-state index contributed by atoms with van der Waals surface area (Å²) in [6.45, 7) is 6.88. The minimum absolute atomic E-state index is 0.0350. The second kappa shape index (κ2) is 10.7. The third-order valence-electron chi connectivity index (χ3n) is 6.21. The lowest BCUT2D eigenvalue weighted by Gasteiger charge is -2.31. The number of carbonyl (C=O) groups is 1. The Morgan fingerprint density at radius 1 is 1.21 bits per heavy atom. The number of aromatic nitrogens is 1. The SMILES string of the molecule is CC[C@H](C)N(Cc1c(-c2ccc(F)cc2)noc1N1CCOCC1)C(=O)c1cccc(OC)c1. The van der Waals surface area contributed by atoms with Gasteiger partial charge in [-0.2, -0.15) is 0 Å². The van der Waals surface area contributed by atoms with Gasteiger partial charge in [0.2, 0.25) is 5.88 Å². The molecule has 180 valence electrons. The monoisotopic (exact) mass is 467 g/mol. The molecule has 2 heterocycles. The molecular weight excluding hydrogens is 437 g/mol. The van der Waals surface area contributed by atoms with E-state index in [0.717, 1.165) is 17.5 Å². The van der Waals surface area contributed by atoms with Gasteiger partial charge in [0.05, 0.1) is 32.4 Å². The van der Waals surface area contributed by atoms with Gasteiger partial charge < -0.3 is 23.8 Å². The van der Waals surface area contributed by atoms with Gasteiger partial charge in [-0.1, -0.05) is 18.1 Å². The van der Waals surface area contributed by atoms with Crippen molar-refractivity contribution < 1.29 is 23.2 Å². The van der Waals surface area contributed by atoms with E-state index in [1.54, 1.807) is 31.4 Å². The molecule has 1 amide bonds. The van der Waals surface area contributed by atoms with Gasteiger partial charge in [0, 0.05) is 30.3 Å². The maximum absolute atomic E-state index is 13.7. The molecule has 8 heteroatoms. The lowest BCUT2D eigenvalue weighted by Crippen LogP contribution is -2.39. The molecule has 0 aliphatic carbocycles. The Morgan fingerprint density at radius 3 is 2.62 bits per heavy atom. The third-order valence-corrected chi connectivity index (χ3v) is 6.21. The van der Waals surface area contributed by atoms with Crippen molar-refractivity contribution in [1.29, 1.82) is 0 Å². The highest BCUT2D eigenvalue weighted by atomic mass is 19.1. The summed E-state index contributed by atoms with van der Waals surface area (Å²) in [5, 5.41) is 4.35. The molecule has 1 aliphatic rings. The Balaban J connectivity index is 1.75. The minimum atomic E-state index is -0.323. The van der Waals surface area contributed by atoms with Crippen LogP contribution in [-0.2, 0) is 11.3 Å². The van der Waals surface area contributed by atoms with Crippen LogP contribution < -0.4 is 9.64 Å². The summed E-state index contributed by atoms with van der Waals surface area (Å²) < 4.78 is 30.2. The number of hydrogen-bond acceptors (Lipinski definition) is 6. The number of hydrogen-bond donors (Lipinski definition) is 0. The molecule has 0 unspecified atom stereocenters. The van der Waals surface area contributed by atoms with Gasteiger partial charge in [-0.25, -0.2) is 4.39 Å². The van der Waals surface area contributed by atoms with Gasteiger partial charge >= 0.3 is 0 Å². The van der Waals surface area contributed by atoms with Crippen molar-refractivity contribution in [3.63, 3.8) is 0 Å². The first-order valence-corrected chi connectivity index (χ1v) is 11.5. The lowest BCUT2D eigenvalue weighted by atomic mass is 10.0. The largest absolute Gasteiger partial charge is 0.497 e. The normalized spacial score (nSPS) is 14.6. The molecule has 0 spiro atoms. The Kier molecular flexibility index (Phi) is 7.47. The molecule has 0 N–H and O–H groups in total. The smallest absolute Gasteiger partial charge is 0.254 e. The number of rotatable bonds is 8. The highest BCUT2D eigenvalue weighted by molar-refractivity contribution is 5.95. The zero-order valence-electron chi connectivity index (χ0n) is 19.8. The van der Waals surface area contributed by atoms with E-state index >= 15 is 0 Å². The van der Waals surface area contributed by atoms with Crippen molar-refractivity contribution in [3.8, 4) is 17.0 Å². The maximum Gasteiger partial charge on any atom is 0.254 e. The number of amides is 1. The standard InChI is InChI=1S/C26H30FN3O4/c1-4-18(2)30(25(31)20-6-5-7-22(16-20)32-3)17-23-24(19-8-10-21(27)11-9-19)28-34-26(23)29-12-14-33-15-13-29/h5-11,16,18H,4,12-15,17H2,1-3H3/t18-/m0/s1. The van der Waals surface area contributed by atoms with E-state index in [2.05, 4.69) is 10.1 Å². The van der Waals surface area contributed by atoms with Crippen LogP contribution in [0.15, 0.2) is 53.1 Å². The van der Waals surface area contributed by atoms with Crippen LogP contribution in [0.1, 0.15) is 36.2 Å². The fraction of sp³-hybridized carbons (Fsp3) is 0.385. The molecule has 1 saturated heterocycles. The maximum atomic E-state index is 13.7. The highest BCUT2D eigenvalue weighted by Crippen LogP contribution is 2.34. The zero-order valence-corrected chi connectivity index (χ0v) is 19.8. The molecule has 34 heavy (non-hydrogen) atoms. The lowest BCUT2D eigenvalue weighted by molar-refractivity contribution is 0.0671. The summed E-state index contributed by atoms with van der Waals surface area (Å²) in [5.74, 6) is 0.819. The van der Waals surface area contributed by atoms with Gasteiger partial charge in [-0.05, 0) is 55.8 Å². The van der Waals surface area contributed by atoms with Crippen molar-refractivity contribution in [2.24, 2.45) is 0 Å². The number of halogens is 1. The van der Waals surface area contributed by atoms with Crippen molar-refractivity contribution >= 4 is 11.8 Å². The molecule has 1 aromatic heterocycles. The Labute approximate surface area is 199 Å². The van der Waals surface area contributed by atoms with Crippen LogP contribution in [0.25, 0.3) is 11.3 Å². The van der Waals surface area contributed by atoms with E-state index in [0.29, 0.717) is 55.7 Å². The minimum Gasteiger partial charge on any atom is -0.497 e. The molecule has 2 aromatic carbocycles. The second-order valence-electron chi connectivity index (χ2n) is 8.34. The number of anilines is 1. The first kappa shape index (κ1) is 23.8. The van der Waals surface area contributed by atoms with Crippen LogP contribution in [0.4, 0.5) is 10.3 Å². The summed E-state index contributed by atoms with van der Waals surface area (Å²) in [6, 6.07) is 13.3. The van der Waals surface area contributed by atoms with Crippen LogP contribution in [-0.4, -0.2) is 55.4 Å². The van der Waals surface area contributed by atoms with Crippen molar-refractivity contribution in [3.05, 3.63) is 65.5 Å². The molecule has 1 aliphatic heterocycles. The highest BCUT2D eigenvalue weighted by Gasteiger charge is 2.29. The molecule has 3 aromatic rings. The van der Waals surface area contributed by atoms with E-state index < -0.39 is 0 Å².